The molecule has 0 rings (SSSR count). The normalized spacial score (nSPS) is 8.50. The minimum atomic E-state index is -2.17. The largest absolute Gasteiger partial charge is 0.469 e. The molecule has 0 unspecified atom stereocenters. The topological polar surface area (TPSA) is 60.4 Å². The van der Waals surface area contributed by atoms with Crippen molar-refractivity contribution in [3.8, 4) is 0 Å². The molecule has 10 heavy (non-hydrogen) atoms. The first-order valence-corrected chi connectivity index (χ1v) is 3.79. The van der Waals surface area contributed by atoms with Crippen molar-refractivity contribution in [3.63, 3.8) is 0 Å². The summed E-state index contributed by atoms with van der Waals surface area (Å²) >= 11 is 0. The Labute approximate surface area is 60.3 Å². The number of methoxy groups -OCH3 is 1. The Morgan fingerprint density at radius 2 is 2.20 bits per heavy atom. The smallest absolute Gasteiger partial charge is 0.305 e. The number of hydrogen-bond donors (Lipinski definition) is 0. The zero-order valence-electron chi connectivity index (χ0n) is 5.53. The van der Waals surface area contributed by atoms with Gasteiger partial charge in [0.05, 0.1) is 7.11 Å². The van der Waals surface area contributed by atoms with Gasteiger partial charge in [-0.3, -0.25) is 4.79 Å². The molecule has 0 fully saturated rings. The number of carbonyl (C=O) groups is 1. The zero-order chi connectivity index (χ0) is 7.98. The Kier molecular flexibility index (Phi) is 4.57. The van der Waals surface area contributed by atoms with Crippen LogP contribution in [-0.2, 0) is 19.8 Å². The van der Waals surface area contributed by atoms with Crippen molar-refractivity contribution < 1.29 is 17.9 Å². The molecule has 0 aromatic carbocycles. The zero-order valence-corrected chi connectivity index (χ0v) is 6.35. The van der Waals surface area contributed by atoms with Crippen LogP contribution in [-0.4, -0.2) is 26.9 Å². The second-order valence-electron chi connectivity index (χ2n) is 1.54. The molecule has 58 valence electrons. The monoisotopic (exact) mass is 164 g/mol. The van der Waals surface area contributed by atoms with Gasteiger partial charge >= 0.3 is 5.97 Å². The van der Waals surface area contributed by atoms with E-state index in [1.165, 1.54) is 7.11 Å². The highest BCUT2D eigenvalue weighted by molar-refractivity contribution is 7.71. The first kappa shape index (κ1) is 9.16. The van der Waals surface area contributed by atoms with E-state index in [0.717, 1.165) is 5.37 Å². The van der Waals surface area contributed by atoms with Gasteiger partial charge in [-0.05, 0) is 6.42 Å². The van der Waals surface area contributed by atoms with E-state index in [2.05, 4.69) is 4.74 Å². The van der Waals surface area contributed by atoms with Crippen molar-refractivity contribution >= 4 is 21.6 Å². The summed E-state index contributed by atoms with van der Waals surface area (Å²) in [6.07, 6.45) is 0.327. The molecule has 0 aliphatic heterocycles. The molecule has 0 saturated carbocycles. The second kappa shape index (κ2) is 4.99. The van der Waals surface area contributed by atoms with Gasteiger partial charge < -0.3 is 4.74 Å². The molecular weight excluding hydrogens is 156 g/mol. The van der Waals surface area contributed by atoms with E-state index in [1.54, 1.807) is 0 Å². The van der Waals surface area contributed by atoms with Crippen LogP contribution in [0.1, 0.15) is 12.8 Å². The summed E-state index contributed by atoms with van der Waals surface area (Å²) in [6, 6.07) is 0. The Hall–Kier alpha value is -0.840. The van der Waals surface area contributed by atoms with Crippen molar-refractivity contribution in [1.29, 1.82) is 0 Å². The summed E-state index contributed by atoms with van der Waals surface area (Å²) in [4.78, 5) is 10.4. The fourth-order valence-electron chi connectivity index (χ4n) is 0.375. The SMILES string of the molecule is COC(=O)CCC=S(=O)=O. The summed E-state index contributed by atoms with van der Waals surface area (Å²) in [5.41, 5.74) is 0. The first-order chi connectivity index (χ1) is 4.66. The molecule has 0 amide bonds. The number of carbonyl (C=O) groups excluding carboxylic acids is 1. The molecule has 0 radical (unpaired) electrons. The summed E-state index contributed by atoms with van der Waals surface area (Å²) in [5, 5.41) is 1.02. The molecule has 0 atom stereocenters. The van der Waals surface area contributed by atoms with Crippen LogP contribution in [0.3, 0.4) is 0 Å². The third kappa shape index (κ3) is 5.30. The molecule has 0 N–H and O–H groups in total. The van der Waals surface area contributed by atoms with Crippen molar-refractivity contribution in [2.45, 2.75) is 12.8 Å². The summed E-state index contributed by atoms with van der Waals surface area (Å²) in [6.45, 7) is 0. The molecule has 5 heteroatoms. The number of hydrogen-bond acceptors (Lipinski definition) is 4. The minimum absolute atomic E-state index is 0.116. The van der Waals surface area contributed by atoms with Crippen LogP contribution in [0.2, 0.25) is 0 Å². The minimum Gasteiger partial charge on any atom is -0.469 e. The Morgan fingerprint density at radius 3 is 2.60 bits per heavy atom. The molecule has 0 bridgehead atoms. The summed E-state index contributed by atoms with van der Waals surface area (Å²) in [7, 11) is -0.906. The molecule has 0 heterocycles. The van der Waals surface area contributed by atoms with Crippen molar-refractivity contribution in [2.75, 3.05) is 7.11 Å². The van der Waals surface area contributed by atoms with E-state index < -0.39 is 16.3 Å². The fourth-order valence-corrected chi connectivity index (χ4v) is 0.685. The standard InChI is InChI=1S/C5H8O4S/c1-9-5(6)3-2-4-10(7)8/h4H,2-3H2,1H3. The van der Waals surface area contributed by atoms with Crippen molar-refractivity contribution in [2.24, 2.45) is 0 Å². The van der Waals surface area contributed by atoms with Crippen molar-refractivity contribution in [1.82, 2.24) is 0 Å². The van der Waals surface area contributed by atoms with Crippen molar-refractivity contribution in [3.05, 3.63) is 0 Å². The summed E-state index contributed by atoms with van der Waals surface area (Å²) < 4.78 is 24.0. The van der Waals surface area contributed by atoms with Crippen LogP contribution in [0.25, 0.3) is 0 Å². The molecule has 0 spiro atoms. The third-order valence-electron chi connectivity index (χ3n) is 0.830. The highest BCUT2D eigenvalue weighted by atomic mass is 32.2. The fraction of sp³-hybridized carbons (Fsp3) is 0.600. The second-order valence-corrected chi connectivity index (χ2v) is 2.40. The van der Waals surface area contributed by atoms with Gasteiger partial charge in [0.25, 0.3) is 0 Å². The Morgan fingerprint density at radius 1 is 1.60 bits per heavy atom. The quantitative estimate of drug-likeness (QED) is 0.421. The van der Waals surface area contributed by atoms with Gasteiger partial charge in [-0.2, -0.15) is 8.42 Å². The number of esters is 1. The maximum absolute atomic E-state index is 10.4. The molecule has 0 aliphatic rings. The lowest BCUT2D eigenvalue weighted by molar-refractivity contribution is -0.140. The molecule has 0 aromatic rings. The van der Waals surface area contributed by atoms with Gasteiger partial charge in [0, 0.05) is 11.8 Å². The number of rotatable bonds is 3. The lowest BCUT2D eigenvalue weighted by Crippen LogP contribution is -1.99. The predicted molar refractivity (Wildman–Crippen MR) is 36.2 cm³/mol. The highest BCUT2D eigenvalue weighted by Gasteiger charge is 1.95. The molecular formula is C5H8O4S. The molecule has 0 saturated heterocycles. The van der Waals surface area contributed by atoms with Gasteiger partial charge in [0.2, 0.25) is 10.3 Å². The van der Waals surface area contributed by atoms with E-state index in [9.17, 15) is 13.2 Å². The summed E-state index contributed by atoms with van der Waals surface area (Å²) in [5.74, 6) is -0.401. The highest BCUT2D eigenvalue weighted by Crippen LogP contribution is 1.86. The van der Waals surface area contributed by atoms with Crippen LogP contribution < -0.4 is 0 Å². The maximum Gasteiger partial charge on any atom is 0.305 e. The molecule has 4 nitrogen and oxygen atoms in total. The average Bonchev–Trinajstić information content (AvgIpc) is 1.87. The lowest BCUT2D eigenvalue weighted by atomic mass is 10.3. The number of ether oxygens (including phenoxy) is 1. The third-order valence-corrected chi connectivity index (χ3v) is 1.34. The molecule has 0 aliphatic carbocycles. The van der Waals surface area contributed by atoms with E-state index >= 15 is 0 Å². The van der Waals surface area contributed by atoms with E-state index in [4.69, 9.17) is 0 Å². The van der Waals surface area contributed by atoms with E-state index in [-0.39, 0.29) is 12.8 Å². The van der Waals surface area contributed by atoms with Gasteiger partial charge in [0.15, 0.2) is 0 Å². The molecule has 0 aromatic heterocycles. The van der Waals surface area contributed by atoms with Gasteiger partial charge in [-0.25, -0.2) is 0 Å². The Bertz CT molecular complexity index is 218. The Balaban J connectivity index is 3.57. The predicted octanol–water partition coefficient (Wildman–Crippen LogP) is -0.379. The lowest BCUT2D eigenvalue weighted by Gasteiger charge is -1.91. The van der Waals surface area contributed by atoms with Crippen LogP contribution >= 0.6 is 0 Å². The van der Waals surface area contributed by atoms with E-state index in [1.807, 2.05) is 0 Å². The maximum atomic E-state index is 10.4. The van der Waals surface area contributed by atoms with Crippen LogP contribution in [0.15, 0.2) is 0 Å². The van der Waals surface area contributed by atoms with Crippen LogP contribution in [0, 0.1) is 0 Å². The first-order valence-electron chi connectivity index (χ1n) is 2.65. The van der Waals surface area contributed by atoms with Crippen LogP contribution in [0.5, 0.6) is 0 Å². The van der Waals surface area contributed by atoms with Gasteiger partial charge in [0.1, 0.15) is 0 Å². The van der Waals surface area contributed by atoms with E-state index in [0.29, 0.717) is 0 Å². The average molecular weight is 164 g/mol. The van der Waals surface area contributed by atoms with Crippen LogP contribution in [0.4, 0.5) is 0 Å². The van der Waals surface area contributed by atoms with Gasteiger partial charge in [-0.15, -0.1) is 0 Å². The van der Waals surface area contributed by atoms with Gasteiger partial charge in [-0.1, -0.05) is 0 Å².